The van der Waals surface area contributed by atoms with Gasteiger partial charge in [-0.25, -0.2) is 8.78 Å². The Kier molecular flexibility index (Phi) is 4.21. The van der Waals surface area contributed by atoms with E-state index in [0.29, 0.717) is 5.56 Å². The molecular weight excluding hydrogens is 246 g/mol. The second kappa shape index (κ2) is 5.55. The first-order chi connectivity index (χ1) is 8.95. The van der Waals surface area contributed by atoms with Crippen molar-refractivity contribution >= 4 is 0 Å². The number of hydrogen-bond acceptors (Lipinski definition) is 2. The van der Waals surface area contributed by atoms with Crippen molar-refractivity contribution in [3.8, 4) is 0 Å². The molecule has 1 aliphatic rings. The average Bonchev–Trinajstić information content (AvgIpc) is 2.36. The summed E-state index contributed by atoms with van der Waals surface area (Å²) in [7, 11) is 0. The molecule has 3 N–H and O–H groups in total. The van der Waals surface area contributed by atoms with Gasteiger partial charge < -0.3 is 0 Å². The smallest absolute Gasteiger partial charge is 0.128 e. The Balaban J connectivity index is 2.35. The molecule has 0 spiro atoms. The molecular formula is C15H22F2N2. The SMILES string of the molecule is CC1(C)CCCCC1C(NN)c1cc(F)ccc1F. The molecule has 0 aromatic heterocycles. The van der Waals surface area contributed by atoms with Gasteiger partial charge in [-0.15, -0.1) is 0 Å². The summed E-state index contributed by atoms with van der Waals surface area (Å²) < 4.78 is 27.3. The van der Waals surface area contributed by atoms with Gasteiger partial charge in [0.25, 0.3) is 0 Å². The summed E-state index contributed by atoms with van der Waals surface area (Å²) in [6.07, 6.45) is 4.38. The van der Waals surface area contributed by atoms with Crippen molar-refractivity contribution in [3.05, 3.63) is 35.4 Å². The molecule has 1 aliphatic carbocycles. The van der Waals surface area contributed by atoms with E-state index in [9.17, 15) is 8.78 Å². The lowest BCUT2D eigenvalue weighted by Crippen LogP contribution is -2.42. The molecule has 1 aromatic carbocycles. The molecule has 4 heteroatoms. The fraction of sp³-hybridized carbons (Fsp3) is 0.600. The molecule has 0 saturated heterocycles. The largest absolute Gasteiger partial charge is 0.271 e. The maximum atomic E-state index is 14.0. The Morgan fingerprint density at radius 3 is 2.68 bits per heavy atom. The second-order valence-electron chi connectivity index (χ2n) is 6.15. The molecule has 1 fully saturated rings. The molecule has 1 aromatic rings. The van der Waals surface area contributed by atoms with Gasteiger partial charge in [-0.05, 0) is 42.4 Å². The predicted octanol–water partition coefficient (Wildman–Crippen LogP) is 3.69. The number of rotatable bonds is 3. The van der Waals surface area contributed by atoms with E-state index in [-0.39, 0.29) is 17.4 Å². The average molecular weight is 268 g/mol. The second-order valence-corrected chi connectivity index (χ2v) is 6.15. The van der Waals surface area contributed by atoms with Crippen molar-refractivity contribution in [2.75, 3.05) is 0 Å². The molecule has 1 saturated carbocycles. The number of nitrogens with one attached hydrogen (secondary N) is 1. The van der Waals surface area contributed by atoms with Gasteiger partial charge in [0, 0.05) is 5.56 Å². The molecule has 0 radical (unpaired) electrons. The lowest BCUT2D eigenvalue weighted by Gasteiger charge is -2.43. The van der Waals surface area contributed by atoms with Gasteiger partial charge >= 0.3 is 0 Å². The van der Waals surface area contributed by atoms with Crippen LogP contribution in [0.3, 0.4) is 0 Å². The van der Waals surface area contributed by atoms with Crippen LogP contribution in [-0.2, 0) is 0 Å². The minimum absolute atomic E-state index is 0.0774. The zero-order valence-electron chi connectivity index (χ0n) is 11.5. The summed E-state index contributed by atoms with van der Waals surface area (Å²) in [5.41, 5.74) is 3.12. The lowest BCUT2D eigenvalue weighted by molar-refractivity contribution is 0.0967. The van der Waals surface area contributed by atoms with Gasteiger partial charge in [0.1, 0.15) is 11.6 Å². The first-order valence-electron chi connectivity index (χ1n) is 6.87. The molecule has 0 heterocycles. The third-order valence-corrected chi connectivity index (χ3v) is 4.47. The van der Waals surface area contributed by atoms with Crippen LogP contribution < -0.4 is 11.3 Å². The molecule has 0 amide bonds. The third-order valence-electron chi connectivity index (χ3n) is 4.47. The van der Waals surface area contributed by atoms with E-state index in [1.54, 1.807) is 0 Å². The Labute approximate surface area is 113 Å². The van der Waals surface area contributed by atoms with E-state index in [4.69, 9.17) is 5.84 Å². The fourth-order valence-corrected chi connectivity index (χ4v) is 3.31. The van der Waals surface area contributed by atoms with Crippen LogP contribution in [0.2, 0.25) is 0 Å². The van der Waals surface area contributed by atoms with Gasteiger partial charge in [-0.1, -0.05) is 26.7 Å². The highest BCUT2D eigenvalue weighted by molar-refractivity contribution is 5.23. The highest BCUT2D eigenvalue weighted by Gasteiger charge is 2.38. The topological polar surface area (TPSA) is 38.0 Å². The maximum absolute atomic E-state index is 14.0. The molecule has 2 unspecified atom stereocenters. The van der Waals surface area contributed by atoms with Crippen LogP contribution in [-0.4, -0.2) is 0 Å². The zero-order valence-corrected chi connectivity index (χ0v) is 11.5. The highest BCUT2D eigenvalue weighted by atomic mass is 19.1. The normalized spacial score (nSPS) is 24.2. The fourth-order valence-electron chi connectivity index (χ4n) is 3.31. The molecule has 2 atom stereocenters. The number of hydrogen-bond donors (Lipinski definition) is 2. The first-order valence-corrected chi connectivity index (χ1v) is 6.87. The van der Waals surface area contributed by atoms with Crippen LogP contribution in [0, 0.1) is 23.0 Å². The summed E-state index contributed by atoms with van der Waals surface area (Å²) in [6, 6.07) is 3.22. The van der Waals surface area contributed by atoms with Crippen LogP contribution in [0.1, 0.15) is 51.1 Å². The van der Waals surface area contributed by atoms with E-state index < -0.39 is 11.6 Å². The summed E-state index contributed by atoms with van der Waals surface area (Å²) in [5, 5.41) is 0. The molecule has 2 nitrogen and oxygen atoms in total. The Hall–Kier alpha value is -1.00. The van der Waals surface area contributed by atoms with Gasteiger partial charge in [0.05, 0.1) is 6.04 Å². The first kappa shape index (κ1) is 14.4. The van der Waals surface area contributed by atoms with E-state index >= 15 is 0 Å². The van der Waals surface area contributed by atoms with Crippen LogP contribution in [0.5, 0.6) is 0 Å². The minimum atomic E-state index is -0.426. The van der Waals surface area contributed by atoms with Crippen LogP contribution in [0.4, 0.5) is 8.78 Å². The van der Waals surface area contributed by atoms with E-state index in [1.165, 1.54) is 18.6 Å². The number of benzene rings is 1. The van der Waals surface area contributed by atoms with E-state index in [1.807, 2.05) is 0 Å². The van der Waals surface area contributed by atoms with E-state index in [0.717, 1.165) is 25.3 Å². The molecule has 2 rings (SSSR count). The van der Waals surface area contributed by atoms with Crippen LogP contribution in [0.15, 0.2) is 18.2 Å². The van der Waals surface area contributed by atoms with Crippen molar-refractivity contribution in [2.45, 2.75) is 45.6 Å². The summed E-state index contributed by atoms with van der Waals surface area (Å²) in [5.74, 6) is 5.02. The Morgan fingerprint density at radius 2 is 2.05 bits per heavy atom. The summed E-state index contributed by atoms with van der Waals surface area (Å²) >= 11 is 0. The molecule has 19 heavy (non-hydrogen) atoms. The van der Waals surface area contributed by atoms with Gasteiger partial charge in [-0.3, -0.25) is 11.3 Å². The van der Waals surface area contributed by atoms with Crippen molar-refractivity contribution in [1.29, 1.82) is 0 Å². The van der Waals surface area contributed by atoms with Gasteiger partial charge in [-0.2, -0.15) is 0 Å². The Morgan fingerprint density at radius 1 is 1.32 bits per heavy atom. The molecule has 0 bridgehead atoms. The molecule has 106 valence electrons. The number of halogens is 2. The third kappa shape index (κ3) is 2.95. The quantitative estimate of drug-likeness (QED) is 0.648. The highest BCUT2D eigenvalue weighted by Crippen LogP contribution is 2.46. The van der Waals surface area contributed by atoms with Gasteiger partial charge in [0.2, 0.25) is 0 Å². The number of hydrazine groups is 1. The maximum Gasteiger partial charge on any atom is 0.128 e. The standard InChI is InChI=1S/C15H22F2N2/c1-15(2)8-4-3-5-12(15)14(19-18)11-9-10(16)6-7-13(11)17/h6-7,9,12,14,19H,3-5,8,18H2,1-2H3. The van der Waals surface area contributed by atoms with Crippen molar-refractivity contribution in [3.63, 3.8) is 0 Å². The predicted molar refractivity (Wildman–Crippen MR) is 72.2 cm³/mol. The Bertz CT molecular complexity index is 446. The summed E-state index contributed by atoms with van der Waals surface area (Å²) in [4.78, 5) is 0. The van der Waals surface area contributed by atoms with Crippen molar-refractivity contribution in [2.24, 2.45) is 17.2 Å². The number of nitrogens with two attached hydrogens (primary N) is 1. The van der Waals surface area contributed by atoms with Crippen molar-refractivity contribution < 1.29 is 8.78 Å². The summed E-state index contributed by atoms with van der Waals surface area (Å²) in [6.45, 7) is 4.36. The van der Waals surface area contributed by atoms with Crippen molar-refractivity contribution in [1.82, 2.24) is 5.43 Å². The van der Waals surface area contributed by atoms with E-state index in [2.05, 4.69) is 19.3 Å². The monoisotopic (exact) mass is 268 g/mol. The van der Waals surface area contributed by atoms with Gasteiger partial charge in [0.15, 0.2) is 0 Å². The zero-order chi connectivity index (χ0) is 14.0. The van der Waals surface area contributed by atoms with Crippen LogP contribution in [0.25, 0.3) is 0 Å². The lowest BCUT2D eigenvalue weighted by atomic mass is 9.65. The molecule has 0 aliphatic heterocycles. The minimum Gasteiger partial charge on any atom is -0.271 e. The van der Waals surface area contributed by atoms with Crippen LogP contribution >= 0.6 is 0 Å².